The van der Waals surface area contributed by atoms with E-state index in [0.29, 0.717) is 12.1 Å². The standard InChI is InChI=1S/C11H5ClF6O2/c12-5-1-2-6(7(3-5)10(13,14)15)8(19)4-9(20)11(16,17)18/h1-4,19H/b8-4-. The van der Waals surface area contributed by atoms with Gasteiger partial charge >= 0.3 is 12.4 Å². The van der Waals surface area contributed by atoms with Crippen LogP contribution < -0.4 is 0 Å². The second-order valence-electron chi connectivity index (χ2n) is 3.58. The highest BCUT2D eigenvalue weighted by molar-refractivity contribution is 6.30. The topological polar surface area (TPSA) is 37.3 Å². The molecule has 0 radical (unpaired) electrons. The molecule has 1 aromatic rings. The number of rotatable bonds is 2. The fourth-order valence-electron chi connectivity index (χ4n) is 1.26. The fraction of sp³-hybridized carbons (Fsp3) is 0.182. The average Bonchev–Trinajstić information content (AvgIpc) is 2.26. The molecule has 1 aromatic carbocycles. The first kappa shape index (κ1) is 16.4. The third-order valence-electron chi connectivity index (χ3n) is 2.11. The Morgan fingerprint density at radius 1 is 1.15 bits per heavy atom. The summed E-state index contributed by atoms with van der Waals surface area (Å²) in [7, 11) is 0. The van der Waals surface area contributed by atoms with Gasteiger partial charge in [-0.25, -0.2) is 0 Å². The van der Waals surface area contributed by atoms with Crippen LogP contribution in [0.15, 0.2) is 24.3 Å². The zero-order chi connectivity index (χ0) is 15.7. The summed E-state index contributed by atoms with van der Waals surface area (Å²) in [6.45, 7) is 0. The predicted octanol–water partition coefficient (Wildman–Crippen LogP) is 4.39. The molecule has 110 valence electrons. The molecule has 0 saturated heterocycles. The third-order valence-corrected chi connectivity index (χ3v) is 2.35. The zero-order valence-corrected chi connectivity index (χ0v) is 10.1. The molecular weight excluding hydrogens is 314 g/mol. The minimum Gasteiger partial charge on any atom is -0.507 e. The van der Waals surface area contributed by atoms with Crippen molar-refractivity contribution in [2.75, 3.05) is 0 Å². The van der Waals surface area contributed by atoms with Crippen LogP contribution in [-0.4, -0.2) is 17.1 Å². The number of aliphatic hydroxyl groups is 1. The molecule has 9 heteroatoms. The van der Waals surface area contributed by atoms with Gasteiger partial charge in [-0.05, 0) is 18.2 Å². The molecule has 0 aliphatic rings. The molecule has 0 heterocycles. The first-order chi connectivity index (χ1) is 8.93. The molecule has 2 nitrogen and oxygen atoms in total. The van der Waals surface area contributed by atoms with E-state index in [1.165, 1.54) is 0 Å². The Morgan fingerprint density at radius 3 is 2.15 bits per heavy atom. The average molecular weight is 319 g/mol. The maximum absolute atomic E-state index is 12.7. The number of benzene rings is 1. The number of hydrogen-bond donors (Lipinski definition) is 1. The summed E-state index contributed by atoms with van der Waals surface area (Å²) in [6.07, 6.45) is -10.6. The summed E-state index contributed by atoms with van der Waals surface area (Å²) >= 11 is 5.36. The highest BCUT2D eigenvalue weighted by Gasteiger charge is 2.38. The maximum atomic E-state index is 12.7. The van der Waals surface area contributed by atoms with Crippen molar-refractivity contribution in [1.82, 2.24) is 0 Å². The number of allylic oxidation sites excluding steroid dienone is 1. The maximum Gasteiger partial charge on any atom is 0.454 e. The van der Waals surface area contributed by atoms with Gasteiger partial charge in [-0.2, -0.15) is 26.3 Å². The number of hydrogen-bond acceptors (Lipinski definition) is 2. The predicted molar refractivity (Wildman–Crippen MR) is 58.1 cm³/mol. The van der Waals surface area contributed by atoms with Crippen LogP contribution >= 0.6 is 11.6 Å². The van der Waals surface area contributed by atoms with Crippen LogP contribution in [0.25, 0.3) is 5.76 Å². The van der Waals surface area contributed by atoms with Gasteiger partial charge in [-0.3, -0.25) is 4.79 Å². The molecule has 0 bridgehead atoms. The Labute approximate surface area is 113 Å². The molecule has 1 rings (SSSR count). The van der Waals surface area contributed by atoms with Crippen LogP contribution in [0, 0.1) is 0 Å². The lowest BCUT2D eigenvalue weighted by atomic mass is 10.0. The lowest BCUT2D eigenvalue weighted by Crippen LogP contribution is -2.20. The molecule has 0 fully saturated rings. The Balaban J connectivity index is 3.34. The van der Waals surface area contributed by atoms with Crippen molar-refractivity contribution >= 4 is 23.1 Å². The number of alkyl halides is 6. The Hall–Kier alpha value is -1.70. The molecule has 0 aliphatic carbocycles. The van der Waals surface area contributed by atoms with E-state index in [4.69, 9.17) is 11.6 Å². The molecule has 0 atom stereocenters. The molecule has 0 aliphatic heterocycles. The molecule has 0 saturated carbocycles. The highest BCUT2D eigenvalue weighted by Crippen LogP contribution is 2.36. The molecule has 1 N–H and O–H groups in total. The zero-order valence-electron chi connectivity index (χ0n) is 9.31. The lowest BCUT2D eigenvalue weighted by molar-refractivity contribution is -0.165. The summed E-state index contributed by atoms with van der Waals surface area (Å²) in [5.41, 5.74) is -2.42. The molecule has 0 aromatic heterocycles. The van der Waals surface area contributed by atoms with Gasteiger partial charge in [0.05, 0.1) is 5.56 Å². The van der Waals surface area contributed by atoms with Crippen LogP contribution in [0.1, 0.15) is 11.1 Å². The van der Waals surface area contributed by atoms with Gasteiger partial charge in [0, 0.05) is 16.7 Å². The number of carbonyl (C=O) groups excluding carboxylic acids is 1. The van der Waals surface area contributed by atoms with E-state index >= 15 is 0 Å². The minimum absolute atomic E-state index is 0.321. The van der Waals surface area contributed by atoms with Gasteiger partial charge in [0.2, 0.25) is 0 Å². The normalized spacial score (nSPS) is 13.4. The molecule has 0 amide bonds. The highest BCUT2D eigenvalue weighted by atomic mass is 35.5. The van der Waals surface area contributed by atoms with Crippen LogP contribution in [0.4, 0.5) is 26.3 Å². The van der Waals surface area contributed by atoms with Gasteiger partial charge in [0.1, 0.15) is 5.76 Å². The second-order valence-corrected chi connectivity index (χ2v) is 4.02. The number of ketones is 1. The largest absolute Gasteiger partial charge is 0.507 e. The summed E-state index contributed by atoms with van der Waals surface area (Å²) < 4.78 is 73.9. The van der Waals surface area contributed by atoms with Crippen molar-refractivity contribution < 1.29 is 36.2 Å². The second kappa shape index (κ2) is 5.35. The summed E-state index contributed by atoms with van der Waals surface area (Å²) in [6, 6.07) is 2.04. The van der Waals surface area contributed by atoms with Crippen molar-refractivity contribution in [3.8, 4) is 0 Å². The fourth-order valence-corrected chi connectivity index (χ4v) is 1.43. The van der Waals surface area contributed by atoms with Gasteiger partial charge < -0.3 is 5.11 Å². The quantitative estimate of drug-likeness (QED) is 0.499. The molecule has 0 spiro atoms. The van der Waals surface area contributed by atoms with Crippen molar-refractivity contribution in [1.29, 1.82) is 0 Å². The summed E-state index contributed by atoms with van der Waals surface area (Å²) in [4.78, 5) is 10.6. The third kappa shape index (κ3) is 3.89. The van der Waals surface area contributed by atoms with E-state index in [-0.39, 0.29) is 11.1 Å². The van der Waals surface area contributed by atoms with E-state index in [1.54, 1.807) is 0 Å². The van der Waals surface area contributed by atoms with E-state index in [1.807, 2.05) is 0 Å². The summed E-state index contributed by atoms with van der Waals surface area (Å²) in [5.74, 6) is -3.92. The van der Waals surface area contributed by atoms with Crippen LogP contribution in [-0.2, 0) is 11.0 Å². The molecule has 0 unspecified atom stereocenters. The van der Waals surface area contributed by atoms with Crippen molar-refractivity contribution in [2.45, 2.75) is 12.4 Å². The smallest absolute Gasteiger partial charge is 0.454 e. The van der Waals surface area contributed by atoms with E-state index < -0.39 is 35.0 Å². The first-order valence-electron chi connectivity index (χ1n) is 4.82. The first-order valence-corrected chi connectivity index (χ1v) is 5.19. The van der Waals surface area contributed by atoms with Crippen LogP contribution in [0.5, 0.6) is 0 Å². The van der Waals surface area contributed by atoms with Gasteiger partial charge in [0.25, 0.3) is 5.78 Å². The van der Waals surface area contributed by atoms with Crippen LogP contribution in [0.3, 0.4) is 0 Å². The summed E-state index contributed by atoms with van der Waals surface area (Å²) in [5, 5.41) is 8.96. The van der Waals surface area contributed by atoms with Gasteiger partial charge in [0.15, 0.2) is 0 Å². The Bertz CT molecular complexity index is 559. The SMILES string of the molecule is O=C(/C=C(\O)c1ccc(Cl)cc1C(F)(F)F)C(F)(F)F. The number of aliphatic hydroxyl groups excluding tert-OH is 1. The van der Waals surface area contributed by atoms with Crippen molar-refractivity contribution in [3.63, 3.8) is 0 Å². The minimum atomic E-state index is -5.29. The number of carbonyl (C=O) groups is 1. The van der Waals surface area contributed by atoms with Crippen LogP contribution in [0.2, 0.25) is 5.02 Å². The van der Waals surface area contributed by atoms with Gasteiger partial charge in [-0.15, -0.1) is 0 Å². The monoisotopic (exact) mass is 318 g/mol. The van der Waals surface area contributed by atoms with E-state index in [2.05, 4.69) is 0 Å². The molecule has 20 heavy (non-hydrogen) atoms. The number of halogens is 7. The lowest BCUT2D eigenvalue weighted by Gasteiger charge is -2.12. The van der Waals surface area contributed by atoms with Crippen molar-refractivity contribution in [2.24, 2.45) is 0 Å². The van der Waals surface area contributed by atoms with E-state index in [0.717, 1.165) is 6.07 Å². The molecular formula is C11H5ClF6O2. The van der Waals surface area contributed by atoms with Crippen molar-refractivity contribution in [3.05, 3.63) is 40.4 Å². The van der Waals surface area contributed by atoms with Gasteiger partial charge in [-0.1, -0.05) is 11.6 Å². The van der Waals surface area contributed by atoms with E-state index in [9.17, 15) is 36.2 Å². The Morgan fingerprint density at radius 2 is 1.70 bits per heavy atom. The Kier molecular flexibility index (Phi) is 4.38.